The van der Waals surface area contributed by atoms with Crippen LogP contribution in [0.15, 0.2) is 18.2 Å². The van der Waals surface area contributed by atoms with E-state index in [1.165, 1.54) is 25.3 Å². The minimum atomic E-state index is -0.229. The summed E-state index contributed by atoms with van der Waals surface area (Å²) in [6.45, 7) is 1.48. The number of nitrogens with two attached hydrogens (primary N) is 1. The number of amides is 1. The lowest BCUT2D eigenvalue weighted by Crippen LogP contribution is -2.68. The summed E-state index contributed by atoms with van der Waals surface area (Å²) in [6.07, 6.45) is 6.99. The van der Waals surface area contributed by atoms with E-state index in [-0.39, 0.29) is 47.6 Å². The number of carbonyl (C=O) groups excluding carboxylic acids is 1. The van der Waals surface area contributed by atoms with Crippen molar-refractivity contribution in [2.24, 2.45) is 17.6 Å². The van der Waals surface area contributed by atoms with Crippen LogP contribution in [0.4, 0.5) is 4.39 Å². The smallest absolute Gasteiger partial charge is 0.237 e. The van der Waals surface area contributed by atoms with Gasteiger partial charge in [-0.15, -0.1) is 24.8 Å². The van der Waals surface area contributed by atoms with E-state index < -0.39 is 0 Å². The molecule has 0 spiro atoms. The highest BCUT2D eigenvalue weighted by atomic mass is 35.5. The lowest BCUT2D eigenvalue weighted by atomic mass is 9.50. The van der Waals surface area contributed by atoms with Crippen molar-refractivity contribution >= 4 is 30.7 Å². The summed E-state index contributed by atoms with van der Waals surface area (Å²) in [5.41, 5.74) is 8.68. The third-order valence-electron chi connectivity index (χ3n) is 6.96. The van der Waals surface area contributed by atoms with Gasteiger partial charge in [-0.1, -0.05) is 6.07 Å². The monoisotopic (exact) mass is 415 g/mol. The first kappa shape index (κ1) is 20.8. The molecule has 3 N–H and O–H groups in total. The molecule has 1 heterocycles. The maximum absolute atomic E-state index is 13.4. The van der Waals surface area contributed by atoms with Crippen LogP contribution in [0.1, 0.15) is 49.7 Å². The summed E-state index contributed by atoms with van der Waals surface area (Å²) in [4.78, 5) is 14.5. The van der Waals surface area contributed by atoms with Gasteiger partial charge in [0.05, 0.1) is 6.54 Å². The summed E-state index contributed by atoms with van der Waals surface area (Å²) in [5, 5.41) is 3.62. The molecule has 4 nitrogen and oxygen atoms in total. The highest BCUT2D eigenvalue weighted by Gasteiger charge is 2.56. The van der Waals surface area contributed by atoms with Gasteiger partial charge < -0.3 is 16.0 Å². The molecule has 150 valence electrons. The average Bonchev–Trinajstić information content (AvgIpc) is 2.93. The summed E-state index contributed by atoms with van der Waals surface area (Å²) in [6, 6.07) is 4.82. The van der Waals surface area contributed by atoms with Crippen LogP contribution in [-0.4, -0.2) is 28.4 Å². The Morgan fingerprint density at radius 1 is 1.15 bits per heavy atom. The van der Waals surface area contributed by atoms with E-state index in [2.05, 4.69) is 5.32 Å². The van der Waals surface area contributed by atoms with Crippen molar-refractivity contribution in [2.45, 2.75) is 62.7 Å². The van der Waals surface area contributed by atoms with Crippen LogP contribution in [0.3, 0.4) is 0 Å². The number of nitrogens with one attached hydrogen (secondary N) is 1. The van der Waals surface area contributed by atoms with Gasteiger partial charge in [0.2, 0.25) is 5.91 Å². The molecular formula is C20H28Cl2FN3O. The van der Waals surface area contributed by atoms with Crippen molar-refractivity contribution in [1.29, 1.82) is 0 Å². The second-order valence-electron chi connectivity index (χ2n) is 9.12. The molecule has 4 bridgehead atoms. The van der Waals surface area contributed by atoms with Crippen molar-refractivity contribution in [3.63, 3.8) is 0 Å². The number of benzene rings is 1. The van der Waals surface area contributed by atoms with Crippen LogP contribution in [-0.2, 0) is 17.9 Å². The van der Waals surface area contributed by atoms with Gasteiger partial charge in [-0.05, 0) is 73.6 Å². The molecule has 6 rings (SSSR count). The number of nitrogens with zero attached hydrogens (tertiary/aromatic N) is 1. The molecule has 0 saturated heterocycles. The number of halogens is 3. The van der Waals surface area contributed by atoms with Crippen LogP contribution in [0.5, 0.6) is 0 Å². The topological polar surface area (TPSA) is 58.4 Å². The number of carbonyl (C=O) groups is 1. The number of rotatable bonds is 3. The molecule has 1 amide bonds. The first-order chi connectivity index (χ1) is 11.9. The average molecular weight is 416 g/mol. The van der Waals surface area contributed by atoms with Crippen molar-refractivity contribution in [1.82, 2.24) is 10.2 Å². The fourth-order valence-corrected chi connectivity index (χ4v) is 6.45. The minimum absolute atomic E-state index is 0. The lowest BCUT2D eigenvalue weighted by Gasteiger charge is -2.61. The Morgan fingerprint density at radius 3 is 2.48 bits per heavy atom. The first-order valence-corrected chi connectivity index (χ1v) is 9.51. The van der Waals surface area contributed by atoms with Crippen LogP contribution in [0.2, 0.25) is 0 Å². The normalized spacial score (nSPS) is 35.4. The third-order valence-corrected chi connectivity index (χ3v) is 6.96. The Labute approximate surface area is 172 Å². The van der Waals surface area contributed by atoms with E-state index in [9.17, 15) is 9.18 Å². The molecule has 7 heteroatoms. The molecule has 4 atom stereocenters. The molecule has 0 aromatic heterocycles. The number of hydrogen-bond donors (Lipinski definition) is 2. The zero-order chi connectivity index (χ0) is 17.2. The largest absolute Gasteiger partial charge is 0.333 e. The van der Waals surface area contributed by atoms with Gasteiger partial charge in [0, 0.05) is 24.2 Å². The molecular weight excluding hydrogens is 388 g/mol. The molecule has 0 radical (unpaired) electrons. The summed E-state index contributed by atoms with van der Waals surface area (Å²) in [5.74, 6) is 1.34. The molecule has 4 fully saturated rings. The van der Waals surface area contributed by atoms with Crippen molar-refractivity contribution in [3.8, 4) is 0 Å². The Bertz CT molecular complexity index is 730. The Kier molecular flexibility index (Phi) is 5.54. The molecule has 5 aliphatic rings. The van der Waals surface area contributed by atoms with Gasteiger partial charge in [0.1, 0.15) is 5.82 Å². The first-order valence-electron chi connectivity index (χ1n) is 9.51. The van der Waals surface area contributed by atoms with E-state index in [0.29, 0.717) is 19.6 Å². The van der Waals surface area contributed by atoms with Crippen LogP contribution < -0.4 is 11.1 Å². The minimum Gasteiger partial charge on any atom is -0.333 e. The molecule has 27 heavy (non-hydrogen) atoms. The van der Waals surface area contributed by atoms with Gasteiger partial charge in [-0.3, -0.25) is 4.79 Å². The molecule has 1 aromatic carbocycles. The van der Waals surface area contributed by atoms with E-state index in [1.807, 2.05) is 4.90 Å². The predicted octanol–water partition coefficient (Wildman–Crippen LogP) is 3.15. The lowest BCUT2D eigenvalue weighted by molar-refractivity contribution is -0.132. The number of hydrogen-bond acceptors (Lipinski definition) is 3. The Hall–Kier alpha value is -0.880. The summed E-state index contributed by atoms with van der Waals surface area (Å²) >= 11 is 0. The molecule has 2 unspecified atom stereocenters. The fourth-order valence-electron chi connectivity index (χ4n) is 6.45. The molecule has 4 aliphatic carbocycles. The van der Waals surface area contributed by atoms with Gasteiger partial charge in [0.25, 0.3) is 0 Å². The van der Waals surface area contributed by atoms with Crippen LogP contribution in [0.25, 0.3) is 0 Å². The second kappa shape index (κ2) is 7.18. The van der Waals surface area contributed by atoms with Crippen molar-refractivity contribution in [3.05, 3.63) is 35.1 Å². The summed E-state index contributed by atoms with van der Waals surface area (Å²) in [7, 11) is 0. The van der Waals surface area contributed by atoms with Crippen LogP contribution >= 0.6 is 24.8 Å². The zero-order valence-corrected chi connectivity index (χ0v) is 17.0. The highest BCUT2D eigenvalue weighted by molar-refractivity contribution is 5.85. The van der Waals surface area contributed by atoms with Gasteiger partial charge in [-0.25, -0.2) is 4.39 Å². The van der Waals surface area contributed by atoms with Gasteiger partial charge >= 0.3 is 0 Å². The van der Waals surface area contributed by atoms with E-state index >= 15 is 0 Å². The SMILES string of the molecule is Cl.Cl.NC12C[C@H]3C[C@@H](C1)CC(NCC(=O)N1Cc4ccc(F)cc4C1)(C3)C2. The fraction of sp³-hybridized carbons (Fsp3) is 0.650. The molecule has 1 aromatic rings. The van der Waals surface area contributed by atoms with Gasteiger partial charge in [-0.2, -0.15) is 0 Å². The van der Waals surface area contributed by atoms with E-state index in [1.54, 1.807) is 12.1 Å². The van der Waals surface area contributed by atoms with Crippen LogP contribution in [0, 0.1) is 17.7 Å². The zero-order valence-electron chi connectivity index (χ0n) is 15.4. The Morgan fingerprint density at radius 2 is 1.81 bits per heavy atom. The summed E-state index contributed by atoms with van der Waals surface area (Å²) < 4.78 is 13.4. The quantitative estimate of drug-likeness (QED) is 0.796. The third kappa shape index (κ3) is 3.71. The molecule has 4 saturated carbocycles. The van der Waals surface area contributed by atoms with E-state index in [4.69, 9.17) is 5.73 Å². The second-order valence-corrected chi connectivity index (χ2v) is 9.12. The standard InChI is InChI=1S/C20H26FN3O.2ClH/c21-17-2-1-15-10-24(11-16(15)4-17)18(25)9-23-20-7-13-3-14(8-20)6-19(22,5-13)12-20;;/h1-2,4,13-14,23H,3,5-12,22H2;2*1H/t13-,14+,19?,20?;;. The van der Waals surface area contributed by atoms with Crippen molar-refractivity contribution < 1.29 is 9.18 Å². The highest BCUT2D eigenvalue weighted by Crippen LogP contribution is 2.56. The maximum atomic E-state index is 13.4. The van der Waals surface area contributed by atoms with E-state index in [0.717, 1.165) is 42.2 Å². The molecule has 1 aliphatic heterocycles. The maximum Gasteiger partial charge on any atom is 0.237 e. The predicted molar refractivity (Wildman–Crippen MR) is 107 cm³/mol. The number of fused-ring (bicyclic) bond motifs is 1. The van der Waals surface area contributed by atoms with Gasteiger partial charge in [0.15, 0.2) is 0 Å². The Balaban J connectivity index is 0.00000105. The van der Waals surface area contributed by atoms with Crippen molar-refractivity contribution in [2.75, 3.05) is 6.54 Å².